The second kappa shape index (κ2) is 4.96. The van der Waals surface area contributed by atoms with Crippen LogP contribution < -0.4 is 0 Å². The standard InChI is InChI=1S/C18H26N2O/c1-2-3-4-20-11-16(12-21)17(19-20)18-8-13-5-14(9-18)7-15(6-13)10-18/h11-15H,2-10H2,1H3. The number of unbranched alkanes of at least 4 members (excludes halogenated alkanes) is 1. The molecule has 0 atom stereocenters. The normalized spacial score (nSPS) is 37.1. The molecule has 0 aromatic carbocycles. The van der Waals surface area contributed by atoms with Gasteiger partial charge in [0, 0.05) is 18.2 Å². The maximum atomic E-state index is 11.6. The molecule has 4 fully saturated rings. The molecule has 3 heteroatoms. The zero-order chi connectivity index (χ0) is 14.4. The van der Waals surface area contributed by atoms with Crippen LogP contribution in [0.25, 0.3) is 0 Å². The molecule has 3 nitrogen and oxygen atoms in total. The lowest BCUT2D eigenvalue weighted by Crippen LogP contribution is -2.49. The summed E-state index contributed by atoms with van der Waals surface area (Å²) in [5.41, 5.74) is 2.25. The first kappa shape index (κ1) is 13.5. The van der Waals surface area contributed by atoms with Gasteiger partial charge in [-0.3, -0.25) is 9.48 Å². The molecule has 4 aliphatic carbocycles. The maximum absolute atomic E-state index is 11.6. The largest absolute Gasteiger partial charge is 0.298 e. The van der Waals surface area contributed by atoms with Crippen LogP contribution in [0.3, 0.4) is 0 Å². The predicted octanol–water partition coefficient (Wildman–Crippen LogP) is 3.96. The van der Waals surface area contributed by atoms with Crippen LogP contribution in [-0.4, -0.2) is 16.1 Å². The summed E-state index contributed by atoms with van der Waals surface area (Å²) in [7, 11) is 0. The Labute approximate surface area is 127 Å². The fraction of sp³-hybridized carbons (Fsp3) is 0.778. The lowest BCUT2D eigenvalue weighted by molar-refractivity contribution is -0.00771. The van der Waals surface area contributed by atoms with Crippen LogP contribution in [0.4, 0.5) is 0 Å². The molecule has 21 heavy (non-hydrogen) atoms. The van der Waals surface area contributed by atoms with Crippen LogP contribution >= 0.6 is 0 Å². The first-order valence-corrected chi connectivity index (χ1v) is 8.75. The van der Waals surface area contributed by atoms with Gasteiger partial charge in [-0.05, 0) is 62.7 Å². The molecular formula is C18H26N2O. The Balaban J connectivity index is 1.68. The number of aldehydes is 1. The van der Waals surface area contributed by atoms with E-state index in [-0.39, 0.29) is 5.41 Å². The Morgan fingerprint density at radius 3 is 2.38 bits per heavy atom. The van der Waals surface area contributed by atoms with Gasteiger partial charge in [0.05, 0.1) is 11.3 Å². The lowest BCUT2D eigenvalue weighted by atomic mass is 9.48. The number of hydrogen-bond donors (Lipinski definition) is 0. The summed E-state index contributed by atoms with van der Waals surface area (Å²) < 4.78 is 2.03. The molecule has 4 aliphatic rings. The Bertz CT molecular complexity index is 510. The summed E-state index contributed by atoms with van der Waals surface area (Å²) >= 11 is 0. The number of carbonyl (C=O) groups excluding carboxylic acids is 1. The average Bonchev–Trinajstić information content (AvgIpc) is 2.88. The van der Waals surface area contributed by atoms with Gasteiger partial charge in [-0.15, -0.1) is 0 Å². The van der Waals surface area contributed by atoms with Crippen LogP contribution in [0.1, 0.15) is 74.3 Å². The molecule has 4 bridgehead atoms. The van der Waals surface area contributed by atoms with E-state index >= 15 is 0 Å². The Morgan fingerprint density at radius 1 is 1.24 bits per heavy atom. The molecular weight excluding hydrogens is 260 g/mol. The van der Waals surface area contributed by atoms with Crippen molar-refractivity contribution in [2.24, 2.45) is 17.8 Å². The second-order valence-electron chi connectivity index (χ2n) is 7.87. The van der Waals surface area contributed by atoms with Gasteiger partial charge in [0.25, 0.3) is 0 Å². The van der Waals surface area contributed by atoms with Crippen molar-refractivity contribution in [2.45, 2.75) is 70.3 Å². The molecule has 5 rings (SSSR count). The van der Waals surface area contributed by atoms with Crippen molar-refractivity contribution in [3.8, 4) is 0 Å². The summed E-state index contributed by atoms with van der Waals surface area (Å²) in [6.45, 7) is 3.15. The van der Waals surface area contributed by atoms with Crippen LogP contribution in [-0.2, 0) is 12.0 Å². The summed E-state index contributed by atoms with van der Waals surface area (Å²) in [6.07, 6.45) is 13.5. The number of aryl methyl sites for hydroxylation is 1. The van der Waals surface area contributed by atoms with Crippen LogP contribution in [0, 0.1) is 17.8 Å². The average molecular weight is 286 g/mol. The minimum Gasteiger partial charge on any atom is -0.298 e. The lowest BCUT2D eigenvalue weighted by Gasteiger charge is -2.56. The molecule has 0 N–H and O–H groups in total. The number of hydrogen-bond acceptors (Lipinski definition) is 2. The molecule has 0 unspecified atom stereocenters. The summed E-state index contributed by atoms with van der Waals surface area (Å²) in [4.78, 5) is 11.6. The van der Waals surface area contributed by atoms with E-state index in [1.54, 1.807) is 0 Å². The van der Waals surface area contributed by atoms with Crippen LogP contribution in [0.5, 0.6) is 0 Å². The van der Waals surface area contributed by atoms with Crippen molar-refractivity contribution in [1.29, 1.82) is 0 Å². The molecule has 0 spiro atoms. The molecule has 0 radical (unpaired) electrons. The second-order valence-corrected chi connectivity index (χ2v) is 7.87. The molecule has 4 saturated carbocycles. The smallest absolute Gasteiger partial charge is 0.153 e. The molecule has 0 aliphatic heterocycles. The number of aromatic nitrogens is 2. The highest BCUT2D eigenvalue weighted by atomic mass is 16.1. The molecule has 114 valence electrons. The van der Waals surface area contributed by atoms with Gasteiger partial charge < -0.3 is 0 Å². The third-order valence-corrected chi connectivity index (χ3v) is 6.20. The quantitative estimate of drug-likeness (QED) is 0.768. The maximum Gasteiger partial charge on any atom is 0.153 e. The highest BCUT2D eigenvalue weighted by Gasteiger charge is 2.53. The minimum absolute atomic E-state index is 0.239. The Hall–Kier alpha value is -1.12. The highest BCUT2D eigenvalue weighted by Crippen LogP contribution is 2.60. The monoisotopic (exact) mass is 286 g/mol. The van der Waals surface area contributed by atoms with E-state index in [0.717, 1.165) is 48.3 Å². The number of carbonyl (C=O) groups is 1. The molecule has 0 amide bonds. The number of nitrogens with zero attached hydrogens (tertiary/aromatic N) is 2. The molecule has 1 aromatic heterocycles. The zero-order valence-electron chi connectivity index (χ0n) is 13.1. The van der Waals surface area contributed by atoms with E-state index in [0.29, 0.717) is 0 Å². The first-order chi connectivity index (χ1) is 10.2. The van der Waals surface area contributed by atoms with Gasteiger partial charge in [-0.1, -0.05) is 13.3 Å². The van der Waals surface area contributed by atoms with Gasteiger partial charge >= 0.3 is 0 Å². The molecule has 0 saturated heterocycles. The topological polar surface area (TPSA) is 34.9 Å². The van der Waals surface area contributed by atoms with Gasteiger partial charge in [-0.2, -0.15) is 5.10 Å². The van der Waals surface area contributed by atoms with E-state index in [9.17, 15) is 4.79 Å². The summed E-state index contributed by atoms with van der Waals surface area (Å²) in [5.74, 6) is 2.70. The van der Waals surface area contributed by atoms with Crippen molar-refractivity contribution in [3.63, 3.8) is 0 Å². The predicted molar refractivity (Wildman–Crippen MR) is 82.4 cm³/mol. The van der Waals surface area contributed by atoms with Gasteiger partial charge in [-0.25, -0.2) is 0 Å². The summed E-state index contributed by atoms with van der Waals surface area (Å²) in [6, 6.07) is 0. The van der Waals surface area contributed by atoms with E-state index in [1.807, 2.05) is 10.9 Å². The Kier molecular flexibility index (Phi) is 3.20. The van der Waals surface area contributed by atoms with Crippen molar-refractivity contribution in [3.05, 3.63) is 17.5 Å². The van der Waals surface area contributed by atoms with Gasteiger partial charge in [0.2, 0.25) is 0 Å². The minimum atomic E-state index is 0.239. The first-order valence-electron chi connectivity index (χ1n) is 8.75. The molecule has 1 heterocycles. The van der Waals surface area contributed by atoms with E-state index in [4.69, 9.17) is 5.10 Å². The zero-order valence-corrected chi connectivity index (χ0v) is 13.1. The van der Waals surface area contributed by atoms with Crippen molar-refractivity contribution >= 4 is 6.29 Å². The van der Waals surface area contributed by atoms with E-state index in [1.165, 1.54) is 44.9 Å². The van der Waals surface area contributed by atoms with Crippen molar-refractivity contribution < 1.29 is 4.79 Å². The summed E-state index contributed by atoms with van der Waals surface area (Å²) in [5, 5.41) is 4.89. The SMILES string of the molecule is CCCCn1cc(C=O)c(C23CC4CC(CC(C4)C2)C3)n1. The van der Waals surface area contributed by atoms with Gasteiger partial charge in [0.1, 0.15) is 0 Å². The third-order valence-electron chi connectivity index (χ3n) is 6.20. The fourth-order valence-electron chi connectivity index (χ4n) is 5.77. The van der Waals surface area contributed by atoms with Crippen molar-refractivity contribution in [1.82, 2.24) is 9.78 Å². The fourth-order valence-corrected chi connectivity index (χ4v) is 5.77. The van der Waals surface area contributed by atoms with E-state index < -0.39 is 0 Å². The van der Waals surface area contributed by atoms with Gasteiger partial charge in [0.15, 0.2) is 6.29 Å². The Morgan fingerprint density at radius 2 is 1.86 bits per heavy atom. The van der Waals surface area contributed by atoms with Crippen LogP contribution in [0.15, 0.2) is 6.20 Å². The van der Waals surface area contributed by atoms with E-state index in [2.05, 4.69) is 6.92 Å². The number of rotatable bonds is 5. The highest BCUT2D eigenvalue weighted by molar-refractivity contribution is 5.76. The third kappa shape index (κ3) is 2.16. The molecule has 1 aromatic rings. The van der Waals surface area contributed by atoms with Crippen LogP contribution in [0.2, 0.25) is 0 Å². The van der Waals surface area contributed by atoms with Crippen molar-refractivity contribution in [2.75, 3.05) is 0 Å².